The van der Waals surface area contributed by atoms with E-state index in [4.69, 9.17) is 0 Å². The molecule has 1 heterocycles. The summed E-state index contributed by atoms with van der Waals surface area (Å²) >= 11 is 0. The molecular weight excluding hydrogens is 164 g/mol. The minimum Gasteiger partial charge on any atom is -0.310 e. The summed E-state index contributed by atoms with van der Waals surface area (Å²) in [5, 5.41) is 10.1. The molecule has 13 heavy (non-hydrogen) atoms. The fraction of sp³-hybridized carbons (Fsp3) is 0.667. The van der Waals surface area contributed by atoms with E-state index in [9.17, 15) is 0 Å². The molecule has 0 spiro atoms. The van der Waals surface area contributed by atoms with Crippen LogP contribution in [0.25, 0.3) is 0 Å². The van der Waals surface area contributed by atoms with Gasteiger partial charge < -0.3 is 10.2 Å². The van der Waals surface area contributed by atoms with Gasteiger partial charge in [0, 0.05) is 31.5 Å². The Kier molecular flexibility index (Phi) is 4.49. The zero-order chi connectivity index (χ0) is 9.52. The van der Waals surface area contributed by atoms with E-state index >= 15 is 0 Å². The minimum atomic E-state index is 0.873. The molecule has 74 valence electrons. The van der Waals surface area contributed by atoms with E-state index in [0.29, 0.717) is 0 Å². The van der Waals surface area contributed by atoms with Crippen LogP contribution in [-0.4, -0.2) is 41.8 Å². The number of likely N-dealkylation sites (N-methyl/N-ethyl adjacent to an activating group) is 1. The van der Waals surface area contributed by atoms with Gasteiger partial charge in [0.25, 0.3) is 0 Å². The third kappa shape index (κ3) is 4.05. The van der Waals surface area contributed by atoms with Crippen LogP contribution >= 0.6 is 0 Å². The van der Waals surface area contributed by atoms with Gasteiger partial charge in [-0.2, -0.15) is 5.10 Å². The summed E-state index contributed by atoms with van der Waals surface area (Å²) in [6, 6.07) is 1.98. The summed E-state index contributed by atoms with van der Waals surface area (Å²) in [4.78, 5) is 2.28. The molecule has 0 atom stereocenters. The lowest BCUT2D eigenvalue weighted by molar-refractivity contribution is 0.348. The second-order valence-electron chi connectivity index (χ2n) is 3.15. The Bertz CT molecular complexity index is 207. The van der Waals surface area contributed by atoms with E-state index < -0.39 is 0 Å². The number of nitrogens with zero attached hydrogens (tertiary/aromatic N) is 2. The molecule has 0 amide bonds. The van der Waals surface area contributed by atoms with Crippen molar-refractivity contribution in [3.8, 4) is 0 Å². The van der Waals surface area contributed by atoms with E-state index in [1.165, 1.54) is 0 Å². The molecule has 2 N–H and O–H groups in total. The first-order valence-electron chi connectivity index (χ1n) is 4.70. The van der Waals surface area contributed by atoms with Gasteiger partial charge in [-0.05, 0) is 19.7 Å². The molecule has 0 saturated carbocycles. The maximum atomic E-state index is 3.88. The Morgan fingerprint density at radius 2 is 2.46 bits per heavy atom. The lowest BCUT2D eigenvalue weighted by Crippen LogP contribution is -2.28. The second-order valence-corrected chi connectivity index (χ2v) is 3.15. The van der Waals surface area contributed by atoms with Gasteiger partial charge in [-0.25, -0.2) is 0 Å². The Balaban J connectivity index is 2.02. The van der Waals surface area contributed by atoms with Gasteiger partial charge in [-0.15, -0.1) is 0 Å². The molecule has 0 aromatic carbocycles. The minimum absolute atomic E-state index is 0.873. The van der Waals surface area contributed by atoms with Crippen LogP contribution in [0.15, 0.2) is 12.3 Å². The SMILES string of the molecule is CCN(C)CCNCc1ccn[nH]1. The molecule has 0 radical (unpaired) electrons. The normalized spacial score (nSPS) is 11.0. The molecule has 4 heteroatoms. The van der Waals surface area contributed by atoms with Crippen LogP contribution in [0.2, 0.25) is 0 Å². The first kappa shape index (κ1) is 10.2. The average Bonchev–Trinajstić information content (AvgIpc) is 2.64. The van der Waals surface area contributed by atoms with Crippen molar-refractivity contribution in [3.05, 3.63) is 18.0 Å². The Hall–Kier alpha value is -0.870. The van der Waals surface area contributed by atoms with E-state index in [0.717, 1.165) is 31.9 Å². The van der Waals surface area contributed by atoms with Crippen LogP contribution in [0.4, 0.5) is 0 Å². The van der Waals surface area contributed by atoms with E-state index in [1.807, 2.05) is 6.07 Å². The number of aromatic nitrogens is 2. The van der Waals surface area contributed by atoms with E-state index in [-0.39, 0.29) is 0 Å². The van der Waals surface area contributed by atoms with Crippen molar-refractivity contribution in [2.75, 3.05) is 26.7 Å². The topological polar surface area (TPSA) is 44.0 Å². The molecule has 0 aliphatic carbocycles. The van der Waals surface area contributed by atoms with Crippen molar-refractivity contribution in [2.24, 2.45) is 0 Å². The molecule has 4 nitrogen and oxygen atoms in total. The lowest BCUT2D eigenvalue weighted by Gasteiger charge is -2.13. The number of rotatable bonds is 6. The third-order valence-corrected chi connectivity index (χ3v) is 2.08. The van der Waals surface area contributed by atoms with Gasteiger partial charge in [-0.1, -0.05) is 6.92 Å². The maximum Gasteiger partial charge on any atom is 0.0490 e. The van der Waals surface area contributed by atoms with Crippen LogP contribution in [0.5, 0.6) is 0 Å². The zero-order valence-corrected chi connectivity index (χ0v) is 8.38. The Labute approximate surface area is 79.3 Å². The van der Waals surface area contributed by atoms with Gasteiger partial charge in [0.1, 0.15) is 0 Å². The highest BCUT2D eigenvalue weighted by atomic mass is 15.1. The van der Waals surface area contributed by atoms with Gasteiger partial charge in [0.2, 0.25) is 0 Å². The number of H-pyrrole nitrogens is 1. The molecular formula is C9H18N4. The molecule has 0 saturated heterocycles. The highest BCUT2D eigenvalue weighted by molar-refractivity contribution is 4.96. The fourth-order valence-corrected chi connectivity index (χ4v) is 1.03. The van der Waals surface area contributed by atoms with Crippen LogP contribution in [-0.2, 0) is 6.54 Å². The van der Waals surface area contributed by atoms with Crippen molar-refractivity contribution in [2.45, 2.75) is 13.5 Å². The van der Waals surface area contributed by atoms with Crippen molar-refractivity contribution in [1.29, 1.82) is 0 Å². The zero-order valence-electron chi connectivity index (χ0n) is 8.38. The summed E-state index contributed by atoms with van der Waals surface area (Å²) in [5.41, 5.74) is 1.14. The van der Waals surface area contributed by atoms with Crippen LogP contribution in [0.3, 0.4) is 0 Å². The highest BCUT2D eigenvalue weighted by Crippen LogP contribution is 1.89. The van der Waals surface area contributed by atoms with Gasteiger partial charge in [0.15, 0.2) is 0 Å². The fourth-order valence-electron chi connectivity index (χ4n) is 1.03. The maximum absolute atomic E-state index is 3.88. The summed E-state index contributed by atoms with van der Waals surface area (Å²) < 4.78 is 0. The molecule has 1 aromatic rings. The van der Waals surface area contributed by atoms with E-state index in [2.05, 4.69) is 34.4 Å². The molecule has 0 aliphatic rings. The molecule has 0 fully saturated rings. The summed E-state index contributed by atoms with van der Waals surface area (Å²) in [6.07, 6.45) is 1.77. The van der Waals surface area contributed by atoms with Crippen LogP contribution < -0.4 is 5.32 Å². The Morgan fingerprint density at radius 1 is 1.62 bits per heavy atom. The summed E-state index contributed by atoms with van der Waals surface area (Å²) in [5.74, 6) is 0. The number of hydrogen-bond donors (Lipinski definition) is 2. The number of nitrogens with one attached hydrogen (secondary N) is 2. The Morgan fingerprint density at radius 3 is 3.08 bits per heavy atom. The van der Waals surface area contributed by atoms with Crippen LogP contribution in [0, 0.1) is 0 Å². The summed E-state index contributed by atoms with van der Waals surface area (Å²) in [7, 11) is 2.12. The average molecular weight is 182 g/mol. The van der Waals surface area contributed by atoms with Crippen molar-refractivity contribution < 1.29 is 0 Å². The van der Waals surface area contributed by atoms with E-state index in [1.54, 1.807) is 6.20 Å². The van der Waals surface area contributed by atoms with Crippen molar-refractivity contribution in [3.63, 3.8) is 0 Å². The highest BCUT2D eigenvalue weighted by Gasteiger charge is 1.94. The number of aromatic amines is 1. The number of hydrogen-bond acceptors (Lipinski definition) is 3. The van der Waals surface area contributed by atoms with Gasteiger partial charge in [0.05, 0.1) is 0 Å². The smallest absolute Gasteiger partial charge is 0.0490 e. The van der Waals surface area contributed by atoms with Crippen molar-refractivity contribution in [1.82, 2.24) is 20.4 Å². The molecule has 0 unspecified atom stereocenters. The predicted octanol–water partition coefficient (Wildman–Crippen LogP) is 0.451. The standard InChI is InChI=1S/C9H18N4/c1-3-13(2)7-6-10-8-9-4-5-11-12-9/h4-5,10H,3,6-8H2,1-2H3,(H,11,12). The molecule has 0 bridgehead atoms. The quantitative estimate of drug-likeness (QED) is 0.628. The predicted molar refractivity (Wildman–Crippen MR) is 53.5 cm³/mol. The third-order valence-electron chi connectivity index (χ3n) is 2.08. The lowest BCUT2D eigenvalue weighted by atomic mass is 10.4. The molecule has 1 aromatic heterocycles. The largest absolute Gasteiger partial charge is 0.310 e. The first-order chi connectivity index (χ1) is 6.33. The van der Waals surface area contributed by atoms with Gasteiger partial charge >= 0.3 is 0 Å². The molecule has 0 aliphatic heterocycles. The van der Waals surface area contributed by atoms with Crippen LogP contribution in [0.1, 0.15) is 12.6 Å². The second kappa shape index (κ2) is 5.72. The summed E-state index contributed by atoms with van der Waals surface area (Å²) in [6.45, 7) is 6.24. The monoisotopic (exact) mass is 182 g/mol. The van der Waals surface area contributed by atoms with Crippen molar-refractivity contribution >= 4 is 0 Å². The first-order valence-corrected chi connectivity index (χ1v) is 4.70. The van der Waals surface area contributed by atoms with Gasteiger partial charge in [-0.3, -0.25) is 5.10 Å². The molecule has 1 rings (SSSR count).